The Morgan fingerprint density at radius 3 is 2.70 bits per heavy atom. The van der Waals surface area contributed by atoms with Crippen molar-refractivity contribution in [1.29, 1.82) is 0 Å². The maximum absolute atomic E-state index is 5.84. The SMILES string of the molecule is Nc1cncnc1NC1CC(Nc2ncc3ccccc3n2)C1. The van der Waals surface area contributed by atoms with Crippen LogP contribution < -0.4 is 16.4 Å². The fraction of sp³-hybridized carbons (Fsp3) is 0.250. The van der Waals surface area contributed by atoms with E-state index >= 15 is 0 Å². The summed E-state index contributed by atoms with van der Waals surface area (Å²) in [6.45, 7) is 0. The van der Waals surface area contributed by atoms with Crippen molar-refractivity contribution in [2.45, 2.75) is 24.9 Å². The smallest absolute Gasteiger partial charge is 0.223 e. The molecule has 0 aliphatic heterocycles. The summed E-state index contributed by atoms with van der Waals surface area (Å²) >= 11 is 0. The number of rotatable bonds is 4. The molecule has 0 amide bonds. The largest absolute Gasteiger partial charge is 0.394 e. The molecule has 1 aliphatic rings. The van der Waals surface area contributed by atoms with Crippen molar-refractivity contribution in [3.05, 3.63) is 43.0 Å². The summed E-state index contributed by atoms with van der Waals surface area (Å²) in [6, 6.07) is 8.68. The van der Waals surface area contributed by atoms with Crippen LogP contribution in [-0.4, -0.2) is 32.0 Å². The second-order valence-corrected chi connectivity index (χ2v) is 5.73. The zero-order valence-electron chi connectivity index (χ0n) is 12.5. The number of aromatic nitrogens is 4. The second-order valence-electron chi connectivity index (χ2n) is 5.73. The highest BCUT2D eigenvalue weighted by Crippen LogP contribution is 2.27. The first-order valence-corrected chi connectivity index (χ1v) is 7.58. The average molecular weight is 307 g/mol. The van der Waals surface area contributed by atoms with Gasteiger partial charge >= 0.3 is 0 Å². The van der Waals surface area contributed by atoms with Crippen molar-refractivity contribution in [3.8, 4) is 0 Å². The van der Waals surface area contributed by atoms with Crippen LogP contribution in [-0.2, 0) is 0 Å². The fourth-order valence-electron chi connectivity index (χ4n) is 2.73. The monoisotopic (exact) mass is 307 g/mol. The van der Waals surface area contributed by atoms with Crippen molar-refractivity contribution >= 4 is 28.4 Å². The molecule has 4 N–H and O–H groups in total. The Hall–Kier alpha value is -2.96. The van der Waals surface area contributed by atoms with E-state index in [-0.39, 0.29) is 0 Å². The number of para-hydroxylation sites is 1. The number of fused-ring (bicyclic) bond motifs is 1. The zero-order chi connectivity index (χ0) is 15.6. The lowest BCUT2D eigenvalue weighted by atomic mass is 9.87. The molecule has 0 atom stereocenters. The first kappa shape index (κ1) is 13.7. The predicted octanol–water partition coefficient (Wildman–Crippen LogP) is 2.06. The van der Waals surface area contributed by atoms with Gasteiger partial charge in [0.15, 0.2) is 5.82 Å². The molecular formula is C16H17N7. The van der Waals surface area contributed by atoms with E-state index in [9.17, 15) is 0 Å². The summed E-state index contributed by atoms with van der Waals surface area (Å²) in [7, 11) is 0. The summed E-state index contributed by atoms with van der Waals surface area (Å²) in [5.74, 6) is 1.37. The van der Waals surface area contributed by atoms with Crippen molar-refractivity contribution in [2.75, 3.05) is 16.4 Å². The van der Waals surface area contributed by atoms with Crippen LogP contribution in [0.5, 0.6) is 0 Å². The van der Waals surface area contributed by atoms with Crippen molar-refractivity contribution < 1.29 is 0 Å². The molecule has 116 valence electrons. The third-order valence-corrected chi connectivity index (χ3v) is 4.04. The van der Waals surface area contributed by atoms with Crippen LogP contribution in [0.1, 0.15) is 12.8 Å². The molecule has 7 heteroatoms. The van der Waals surface area contributed by atoms with Crippen LogP contribution in [0, 0.1) is 0 Å². The standard InChI is InChI=1S/C16H17N7/c17-13-8-18-9-20-15(13)21-11-5-12(6-11)22-16-19-7-10-3-1-2-4-14(10)23-16/h1-4,7-9,11-12H,5-6,17H2,(H,18,20,21)(H,19,22,23). The Balaban J connectivity index is 1.36. The van der Waals surface area contributed by atoms with E-state index in [1.165, 1.54) is 6.33 Å². The molecule has 3 aromatic rings. The summed E-state index contributed by atoms with van der Waals surface area (Å²) in [6.07, 6.45) is 6.89. The number of nitrogens with one attached hydrogen (secondary N) is 2. The number of nitrogens with two attached hydrogens (primary N) is 1. The van der Waals surface area contributed by atoms with E-state index in [0.29, 0.717) is 29.5 Å². The lowest BCUT2D eigenvalue weighted by Crippen LogP contribution is -2.44. The van der Waals surface area contributed by atoms with Crippen LogP contribution in [0.25, 0.3) is 10.9 Å². The molecule has 7 nitrogen and oxygen atoms in total. The van der Waals surface area contributed by atoms with Gasteiger partial charge in [-0.25, -0.2) is 19.9 Å². The Morgan fingerprint density at radius 1 is 1.00 bits per heavy atom. The minimum Gasteiger partial charge on any atom is -0.394 e. The van der Waals surface area contributed by atoms with Crippen molar-refractivity contribution in [3.63, 3.8) is 0 Å². The molecule has 0 bridgehead atoms. The Bertz CT molecular complexity index is 829. The number of hydrogen-bond acceptors (Lipinski definition) is 7. The van der Waals surface area contributed by atoms with Gasteiger partial charge in [0.25, 0.3) is 0 Å². The lowest BCUT2D eigenvalue weighted by Gasteiger charge is -2.36. The molecular weight excluding hydrogens is 290 g/mol. The highest BCUT2D eigenvalue weighted by Gasteiger charge is 2.30. The van der Waals surface area contributed by atoms with Crippen LogP contribution in [0.3, 0.4) is 0 Å². The Kier molecular flexibility index (Phi) is 3.38. The molecule has 1 saturated carbocycles. The minimum atomic E-state index is 0.352. The maximum atomic E-state index is 5.84. The quantitative estimate of drug-likeness (QED) is 0.678. The molecule has 2 heterocycles. The van der Waals surface area contributed by atoms with Gasteiger partial charge in [-0.15, -0.1) is 0 Å². The molecule has 2 aromatic heterocycles. The number of nitrogens with zero attached hydrogens (tertiary/aromatic N) is 4. The second kappa shape index (κ2) is 5.68. The molecule has 4 rings (SSSR count). The van der Waals surface area contributed by atoms with E-state index in [1.54, 1.807) is 6.20 Å². The third kappa shape index (κ3) is 2.85. The molecule has 0 unspecified atom stereocenters. The highest BCUT2D eigenvalue weighted by atomic mass is 15.1. The minimum absolute atomic E-state index is 0.352. The number of nitrogen functional groups attached to an aromatic ring is 1. The van der Waals surface area contributed by atoms with E-state index in [4.69, 9.17) is 5.73 Å². The molecule has 1 aliphatic carbocycles. The van der Waals surface area contributed by atoms with E-state index < -0.39 is 0 Å². The summed E-state index contributed by atoms with van der Waals surface area (Å²) in [4.78, 5) is 16.9. The van der Waals surface area contributed by atoms with Crippen LogP contribution >= 0.6 is 0 Å². The molecule has 0 radical (unpaired) electrons. The van der Waals surface area contributed by atoms with E-state index in [1.807, 2.05) is 30.5 Å². The molecule has 0 saturated heterocycles. The maximum Gasteiger partial charge on any atom is 0.223 e. The molecule has 1 fully saturated rings. The lowest BCUT2D eigenvalue weighted by molar-refractivity contribution is 0.395. The van der Waals surface area contributed by atoms with Gasteiger partial charge in [0.2, 0.25) is 5.95 Å². The Labute approximate surface area is 133 Å². The predicted molar refractivity (Wildman–Crippen MR) is 90.0 cm³/mol. The summed E-state index contributed by atoms with van der Waals surface area (Å²) in [5, 5.41) is 7.76. The van der Waals surface area contributed by atoms with Crippen molar-refractivity contribution in [1.82, 2.24) is 19.9 Å². The van der Waals surface area contributed by atoms with Gasteiger partial charge in [0.05, 0.1) is 17.4 Å². The zero-order valence-corrected chi connectivity index (χ0v) is 12.5. The number of benzene rings is 1. The third-order valence-electron chi connectivity index (χ3n) is 4.04. The van der Waals surface area contributed by atoms with Gasteiger partial charge < -0.3 is 16.4 Å². The average Bonchev–Trinajstić information content (AvgIpc) is 2.54. The Morgan fingerprint density at radius 2 is 1.83 bits per heavy atom. The first-order chi connectivity index (χ1) is 11.3. The van der Waals surface area contributed by atoms with Gasteiger partial charge in [0, 0.05) is 23.7 Å². The van der Waals surface area contributed by atoms with Gasteiger partial charge in [-0.05, 0) is 18.9 Å². The normalized spacial score (nSPS) is 20.0. The summed E-state index contributed by atoms with van der Waals surface area (Å²) < 4.78 is 0. The van der Waals surface area contributed by atoms with E-state index in [2.05, 4.69) is 30.6 Å². The molecule has 1 aromatic carbocycles. The highest BCUT2D eigenvalue weighted by molar-refractivity contribution is 5.78. The first-order valence-electron chi connectivity index (χ1n) is 7.58. The van der Waals surface area contributed by atoms with Crippen LogP contribution in [0.15, 0.2) is 43.0 Å². The molecule has 0 spiro atoms. The van der Waals surface area contributed by atoms with Crippen molar-refractivity contribution in [2.24, 2.45) is 0 Å². The number of hydrogen-bond donors (Lipinski definition) is 3. The van der Waals surface area contributed by atoms with Crippen LogP contribution in [0.4, 0.5) is 17.5 Å². The summed E-state index contributed by atoms with van der Waals surface area (Å²) in [5.41, 5.74) is 7.36. The fourth-order valence-corrected chi connectivity index (χ4v) is 2.73. The number of anilines is 3. The topological polar surface area (TPSA) is 102 Å². The van der Waals surface area contributed by atoms with Gasteiger partial charge in [-0.1, -0.05) is 18.2 Å². The molecule has 23 heavy (non-hydrogen) atoms. The van der Waals surface area contributed by atoms with Crippen LogP contribution in [0.2, 0.25) is 0 Å². The van der Waals surface area contributed by atoms with Gasteiger partial charge in [0.1, 0.15) is 6.33 Å². The van der Waals surface area contributed by atoms with Gasteiger partial charge in [-0.3, -0.25) is 0 Å². The van der Waals surface area contributed by atoms with E-state index in [0.717, 1.165) is 23.7 Å². The van der Waals surface area contributed by atoms with Gasteiger partial charge in [-0.2, -0.15) is 0 Å².